The summed E-state index contributed by atoms with van der Waals surface area (Å²) in [6, 6.07) is 0. The maximum atomic E-state index is 11.8. The van der Waals surface area contributed by atoms with Gasteiger partial charge < -0.3 is 4.74 Å². The molecule has 1 N–H and O–H groups in total. The Bertz CT molecular complexity index is 600. The first-order chi connectivity index (χ1) is 8.24. The molecule has 0 spiro atoms. The topological polar surface area (TPSA) is 72.8 Å². The molecule has 3 rings (SSSR count). The van der Waals surface area contributed by atoms with Crippen molar-refractivity contribution in [3.05, 3.63) is 21.3 Å². The minimum Gasteiger partial charge on any atom is -0.381 e. The van der Waals surface area contributed by atoms with E-state index >= 15 is 0 Å². The lowest BCUT2D eigenvalue weighted by Crippen LogP contribution is -2.22. The number of ether oxygens (including phenoxy) is 1. The maximum Gasteiger partial charge on any atom is 0.328 e. The normalized spacial score (nSPS) is 20.2. The predicted molar refractivity (Wildman–Crippen MR) is 64.8 cm³/mol. The van der Waals surface area contributed by atoms with Crippen molar-refractivity contribution in [1.82, 2.24) is 19.5 Å². The molecular formula is C10H11BrN4O2. The number of halogens is 1. The second-order valence-electron chi connectivity index (χ2n) is 4.14. The van der Waals surface area contributed by atoms with E-state index in [1.807, 2.05) is 0 Å². The number of nitrogens with one attached hydrogen (secondary N) is 1. The molecule has 3 heterocycles. The summed E-state index contributed by atoms with van der Waals surface area (Å²) >= 11 is 3.26. The van der Waals surface area contributed by atoms with Gasteiger partial charge in [0.2, 0.25) is 0 Å². The highest BCUT2D eigenvalue weighted by atomic mass is 79.9. The Labute approximate surface area is 105 Å². The summed E-state index contributed by atoms with van der Waals surface area (Å²) in [5.41, 5.74) is 0.957. The van der Waals surface area contributed by atoms with Crippen LogP contribution >= 0.6 is 15.9 Å². The lowest BCUT2D eigenvalue weighted by Gasteiger charge is -2.07. The number of imidazole rings is 1. The van der Waals surface area contributed by atoms with E-state index in [1.165, 1.54) is 0 Å². The minimum atomic E-state index is -0.162. The zero-order valence-corrected chi connectivity index (χ0v) is 10.6. The fraction of sp³-hybridized carbons (Fsp3) is 0.500. The number of hydrogen-bond donors (Lipinski definition) is 1. The molecule has 6 nitrogen and oxygen atoms in total. The second kappa shape index (κ2) is 4.23. The van der Waals surface area contributed by atoms with Gasteiger partial charge in [-0.3, -0.25) is 9.55 Å². The molecule has 1 saturated heterocycles. The summed E-state index contributed by atoms with van der Waals surface area (Å²) < 4.78 is 7.57. The molecule has 1 aliphatic heterocycles. The molecule has 0 aliphatic carbocycles. The monoisotopic (exact) mass is 298 g/mol. The van der Waals surface area contributed by atoms with Crippen LogP contribution in [0.25, 0.3) is 11.3 Å². The molecule has 90 valence electrons. The molecule has 0 radical (unpaired) electrons. The zero-order chi connectivity index (χ0) is 11.8. The van der Waals surface area contributed by atoms with E-state index in [0.717, 1.165) is 13.0 Å². The third kappa shape index (κ3) is 2.00. The predicted octanol–water partition coefficient (Wildman–Crippen LogP) is 0.919. The number of aromatic nitrogens is 4. The van der Waals surface area contributed by atoms with Crippen LogP contribution in [0.2, 0.25) is 0 Å². The lowest BCUT2D eigenvalue weighted by molar-refractivity contribution is 0.182. The SMILES string of the molecule is O=c1[nH]c2ncc(Br)nc2n1CC1CCOC1. The van der Waals surface area contributed by atoms with Gasteiger partial charge in [0, 0.05) is 19.1 Å². The van der Waals surface area contributed by atoms with Crippen molar-refractivity contribution in [2.45, 2.75) is 13.0 Å². The van der Waals surface area contributed by atoms with Crippen molar-refractivity contribution in [3.8, 4) is 0 Å². The number of hydrogen-bond acceptors (Lipinski definition) is 4. The third-order valence-electron chi connectivity index (χ3n) is 2.92. The fourth-order valence-corrected chi connectivity index (χ4v) is 2.33. The largest absolute Gasteiger partial charge is 0.381 e. The summed E-state index contributed by atoms with van der Waals surface area (Å²) in [5, 5.41) is 0. The summed E-state index contributed by atoms with van der Waals surface area (Å²) in [5.74, 6) is 0.382. The summed E-state index contributed by atoms with van der Waals surface area (Å²) in [6.07, 6.45) is 2.56. The summed E-state index contributed by atoms with van der Waals surface area (Å²) in [7, 11) is 0. The number of rotatable bonds is 2. The first-order valence-electron chi connectivity index (χ1n) is 5.43. The van der Waals surface area contributed by atoms with Crippen LogP contribution in [0.1, 0.15) is 6.42 Å². The van der Waals surface area contributed by atoms with E-state index in [4.69, 9.17) is 4.74 Å². The van der Waals surface area contributed by atoms with Crippen LogP contribution in [0, 0.1) is 5.92 Å². The Morgan fingerprint density at radius 3 is 3.29 bits per heavy atom. The van der Waals surface area contributed by atoms with Gasteiger partial charge in [-0.2, -0.15) is 0 Å². The van der Waals surface area contributed by atoms with Crippen molar-refractivity contribution in [2.24, 2.45) is 5.92 Å². The van der Waals surface area contributed by atoms with Crippen LogP contribution in [0.15, 0.2) is 15.6 Å². The highest BCUT2D eigenvalue weighted by molar-refractivity contribution is 9.10. The Morgan fingerprint density at radius 1 is 1.65 bits per heavy atom. The van der Waals surface area contributed by atoms with E-state index < -0.39 is 0 Å². The molecule has 0 saturated carbocycles. The molecule has 1 atom stereocenters. The first-order valence-corrected chi connectivity index (χ1v) is 6.22. The van der Waals surface area contributed by atoms with Gasteiger partial charge in [-0.25, -0.2) is 14.8 Å². The van der Waals surface area contributed by atoms with Crippen molar-refractivity contribution in [3.63, 3.8) is 0 Å². The fourth-order valence-electron chi connectivity index (χ4n) is 2.05. The molecule has 1 unspecified atom stereocenters. The number of fused-ring (bicyclic) bond motifs is 1. The van der Waals surface area contributed by atoms with Crippen molar-refractivity contribution >= 4 is 27.2 Å². The van der Waals surface area contributed by atoms with Crippen molar-refractivity contribution < 1.29 is 4.74 Å². The smallest absolute Gasteiger partial charge is 0.328 e. The molecule has 0 amide bonds. The molecule has 17 heavy (non-hydrogen) atoms. The standard InChI is InChI=1S/C10H11BrN4O2/c11-7-3-12-8-9(13-7)15(10(16)14-8)4-6-1-2-17-5-6/h3,6H,1-2,4-5H2,(H,12,14,16). The summed E-state index contributed by atoms with van der Waals surface area (Å²) in [4.78, 5) is 22.9. The molecule has 7 heteroatoms. The van der Waals surface area contributed by atoms with E-state index in [-0.39, 0.29) is 5.69 Å². The average molecular weight is 299 g/mol. The highest BCUT2D eigenvalue weighted by Crippen LogP contribution is 2.16. The highest BCUT2D eigenvalue weighted by Gasteiger charge is 2.19. The van der Waals surface area contributed by atoms with Gasteiger partial charge in [-0.05, 0) is 22.4 Å². The number of nitrogens with zero attached hydrogens (tertiary/aromatic N) is 3. The van der Waals surface area contributed by atoms with Gasteiger partial charge in [0.25, 0.3) is 0 Å². The van der Waals surface area contributed by atoms with Crippen LogP contribution in [0.5, 0.6) is 0 Å². The summed E-state index contributed by atoms with van der Waals surface area (Å²) in [6.45, 7) is 2.11. The van der Waals surface area contributed by atoms with Crippen LogP contribution in [-0.2, 0) is 11.3 Å². The molecule has 2 aromatic rings. The lowest BCUT2D eigenvalue weighted by atomic mass is 10.1. The first kappa shape index (κ1) is 10.9. The van der Waals surface area contributed by atoms with Gasteiger partial charge in [-0.15, -0.1) is 0 Å². The number of H-pyrrole nitrogens is 1. The Kier molecular flexibility index (Phi) is 2.71. The van der Waals surface area contributed by atoms with Crippen LogP contribution in [0.3, 0.4) is 0 Å². The van der Waals surface area contributed by atoms with Gasteiger partial charge >= 0.3 is 5.69 Å². The third-order valence-corrected chi connectivity index (χ3v) is 3.30. The Hall–Kier alpha value is -1.21. The van der Waals surface area contributed by atoms with E-state index in [0.29, 0.717) is 35.0 Å². The molecule has 2 aromatic heterocycles. The van der Waals surface area contributed by atoms with Gasteiger partial charge in [0.15, 0.2) is 11.3 Å². The minimum absolute atomic E-state index is 0.162. The molecule has 1 fully saturated rings. The van der Waals surface area contributed by atoms with E-state index in [2.05, 4.69) is 30.9 Å². The Morgan fingerprint density at radius 2 is 2.53 bits per heavy atom. The van der Waals surface area contributed by atoms with Crippen LogP contribution < -0.4 is 5.69 Å². The van der Waals surface area contributed by atoms with Gasteiger partial charge in [0.05, 0.1) is 12.8 Å². The molecular weight excluding hydrogens is 288 g/mol. The Balaban J connectivity index is 2.04. The molecule has 0 bridgehead atoms. The van der Waals surface area contributed by atoms with Crippen LogP contribution in [0.4, 0.5) is 0 Å². The van der Waals surface area contributed by atoms with Crippen LogP contribution in [-0.4, -0.2) is 32.7 Å². The second-order valence-corrected chi connectivity index (χ2v) is 4.95. The van der Waals surface area contributed by atoms with E-state index in [1.54, 1.807) is 10.8 Å². The van der Waals surface area contributed by atoms with E-state index in [9.17, 15) is 4.79 Å². The van der Waals surface area contributed by atoms with Gasteiger partial charge in [-0.1, -0.05) is 0 Å². The van der Waals surface area contributed by atoms with Gasteiger partial charge in [0.1, 0.15) is 4.60 Å². The zero-order valence-electron chi connectivity index (χ0n) is 9.02. The quantitative estimate of drug-likeness (QED) is 0.895. The van der Waals surface area contributed by atoms with Crippen molar-refractivity contribution in [2.75, 3.05) is 13.2 Å². The number of aromatic amines is 1. The maximum absolute atomic E-state index is 11.8. The molecule has 1 aliphatic rings. The molecule has 0 aromatic carbocycles. The van der Waals surface area contributed by atoms with Crippen molar-refractivity contribution in [1.29, 1.82) is 0 Å². The average Bonchev–Trinajstić information content (AvgIpc) is 2.90.